The van der Waals surface area contributed by atoms with Gasteiger partial charge >= 0.3 is 0 Å². The summed E-state index contributed by atoms with van der Waals surface area (Å²) in [6.45, 7) is 5.06. The molecule has 0 aliphatic rings. The summed E-state index contributed by atoms with van der Waals surface area (Å²) in [6, 6.07) is 16.8. The molecule has 2 N–H and O–H groups in total. The second kappa shape index (κ2) is 6.91. The molecule has 0 heterocycles. The normalized spacial score (nSPS) is 10.9. The number of hydrogen-bond donors (Lipinski definition) is 1. The Morgan fingerprint density at radius 1 is 1.00 bits per heavy atom. The minimum absolute atomic E-state index is 0.878. The highest BCUT2D eigenvalue weighted by Crippen LogP contribution is 2.16. The average Bonchev–Trinajstić information content (AvgIpc) is 2.43. The molecule has 2 aromatic rings. The van der Waals surface area contributed by atoms with Gasteiger partial charge in [-0.15, -0.1) is 0 Å². The van der Waals surface area contributed by atoms with Crippen LogP contribution >= 0.6 is 22.6 Å². The lowest BCUT2D eigenvalue weighted by Gasteiger charge is -2.21. The minimum Gasteiger partial charge on any atom is -0.398 e. The summed E-state index contributed by atoms with van der Waals surface area (Å²) in [4.78, 5) is 2.40. The second-order valence-electron chi connectivity index (χ2n) is 4.63. The Morgan fingerprint density at radius 2 is 1.68 bits per heavy atom. The molecule has 0 spiro atoms. The van der Waals surface area contributed by atoms with Crippen molar-refractivity contribution in [1.82, 2.24) is 4.90 Å². The molecule has 19 heavy (non-hydrogen) atoms. The molecule has 0 saturated heterocycles. The first-order valence-corrected chi connectivity index (χ1v) is 7.57. The highest BCUT2D eigenvalue weighted by Gasteiger charge is 2.06. The number of rotatable bonds is 5. The number of nitrogens with zero attached hydrogens (tertiary/aromatic N) is 1. The van der Waals surface area contributed by atoms with Crippen LogP contribution in [0.25, 0.3) is 0 Å². The average molecular weight is 366 g/mol. The van der Waals surface area contributed by atoms with E-state index in [4.69, 9.17) is 5.73 Å². The van der Waals surface area contributed by atoms with Crippen molar-refractivity contribution in [2.45, 2.75) is 20.0 Å². The van der Waals surface area contributed by atoms with Gasteiger partial charge in [-0.25, -0.2) is 0 Å². The van der Waals surface area contributed by atoms with Crippen molar-refractivity contribution in [3.05, 3.63) is 63.2 Å². The Morgan fingerprint density at radius 3 is 2.32 bits per heavy atom. The predicted octanol–water partition coefficient (Wildman–Crippen LogP) is 3.90. The van der Waals surface area contributed by atoms with Gasteiger partial charge in [0.15, 0.2) is 0 Å². The van der Waals surface area contributed by atoms with Crippen molar-refractivity contribution in [2.75, 3.05) is 12.3 Å². The Kier molecular flexibility index (Phi) is 5.22. The number of anilines is 1. The molecule has 2 aromatic carbocycles. The summed E-state index contributed by atoms with van der Waals surface area (Å²) in [6.07, 6.45) is 0. The van der Waals surface area contributed by atoms with Crippen molar-refractivity contribution in [2.24, 2.45) is 0 Å². The monoisotopic (exact) mass is 366 g/mol. The van der Waals surface area contributed by atoms with Crippen molar-refractivity contribution in [3.8, 4) is 0 Å². The van der Waals surface area contributed by atoms with E-state index in [-0.39, 0.29) is 0 Å². The van der Waals surface area contributed by atoms with Crippen molar-refractivity contribution >= 4 is 28.3 Å². The van der Waals surface area contributed by atoms with Crippen LogP contribution in [0.3, 0.4) is 0 Å². The number of halogens is 1. The summed E-state index contributed by atoms with van der Waals surface area (Å²) < 4.78 is 1.27. The van der Waals surface area contributed by atoms with Gasteiger partial charge in [0.1, 0.15) is 0 Å². The first-order chi connectivity index (χ1) is 9.19. The number of hydrogen-bond acceptors (Lipinski definition) is 2. The third-order valence-corrected chi connectivity index (χ3v) is 3.93. The molecule has 0 radical (unpaired) electrons. The van der Waals surface area contributed by atoms with Crippen LogP contribution < -0.4 is 5.73 Å². The van der Waals surface area contributed by atoms with E-state index >= 15 is 0 Å². The van der Waals surface area contributed by atoms with E-state index in [0.717, 1.165) is 25.3 Å². The maximum absolute atomic E-state index is 6.01. The zero-order valence-corrected chi connectivity index (χ0v) is 13.3. The molecule has 100 valence electrons. The standard InChI is InChI=1S/C16H19IN2/c1-2-19(11-13-7-9-15(17)10-8-13)12-14-5-3-4-6-16(14)18/h3-10H,2,11-12,18H2,1H3. The van der Waals surface area contributed by atoms with E-state index in [1.807, 2.05) is 18.2 Å². The number of para-hydroxylation sites is 1. The van der Waals surface area contributed by atoms with Gasteiger partial charge in [0.25, 0.3) is 0 Å². The van der Waals surface area contributed by atoms with Gasteiger partial charge < -0.3 is 5.73 Å². The summed E-state index contributed by atoms with van der Waals surface area (Å²) in [7, 11) is 0. The molecule has 0 bridgehead atoms. The first kappa shape index (κ1) is 14.3. The van der Waals surface area contributed by atoms with Crippen LogP contribution in [0.4, 0.5) is 5.69 Å². The molecule has 0 aromatic heterocycles. The molecule has 3 heteroatoms. The van der Waals surface area contributed by atoms with E-state index in [1.54, 1.807) is 0 Å². The summed E-state index contributed by atoms with van der Waals surface area (Å²) in [5.41, 5.74) is 9.44. The van der Waals surface area contributed by atoms with E-state index in [9.17, 15) is 0 Å². The quantitative estimate of drug-likeness (QED) is 0.643. The molecule has 2 rings (SSSR count). The Bertz CT molecular complexity index is 523. The van der Waals surface area contributed by atoms with Gasteiger partial charge in [-0.05, 0) is 58.5 Å². The summed E-state index contributed by atoms with van der Waals surface area (Å²) in [5.74, 6) is 0. The van der Waals surface area contributed by atoms with Crippen molar-refractivity contribution in [1.29, 1.82) is 0 Å². The highest BCUT2D eigenvalue weighted by molar-refractivity contribution is 14.1. The Hall–Kier alpha value is -1.07. The zero-order chi connectivity index (χ0) is 13.7. The third-order valence-electron chi connectivity index (χ3n) is 3.22. The number of nitrogen functional groups attached to an aromatic ring is 1. The van der Waals surface area contributed by atoms with Crippen LogP contribution in [-0.4, -0.2) is 11.4 Å². The highest BCUT2D eigenvalue weighted by atomic mass is 127. The van der Waals surface area contributed by atoms with E-state index in [2.05, 4.69) is 64.7 Å². The third kappa shape index (κ3) is 4.21. The molecule has 0 fully saturated rings. The smallest absolute Gasteiger partial charge is 0.0359 e. The van der Waals surface area contributed by atoms with Crippen LogP contribution in [0.2, 0.25) is 0 Å². The summed E-state index contributed by atoms with van der Waals surface area (Å²) >= 11 is 2.33. The van der Waals surface area contributed by atoms with E-state index in [1.165, 1.54) is 14.7 Å². The van der Waals surface area contributed by atoms with E-state index < -0.39 is 0 Å². The van der Waals surface area contributed by atoms with Gasteiger partial charge in [0.05, 0.1) is 0 Å². The van der Waals surface area contributed by atoms with Gasteiger partial charge in [0, 0.05) is 22.3 Å². The molecular formula is C16H19IN2. The molecule has 0 aliphatic heterocycles. The molecule has 2 nitrogen and oxygen atoms in total. The lowest BCUT2D eigenvalue weighted by Crippen LogP contribution is -2.22. The van der Waals surface area contributed by atoms with Crippen LogP contribution in [0.5, 0.6) is 0 Å². The van der Waals surface area contributed by atoms with Crippen LogP contribution in [-0.2, 0) is 13.1 Å². The molecule has 0 atom stereocenters. The molecule has 0 amide bonds. The van der Waals surface area contributed by atoms with E-state index in [0.29, 0.717) is 0 Å². The first-order valence-electron chi connectivity index (χ1n) is 6.49. The van der Waals surface area contributed by atoms with Gasteiger partial charge in [-0.1, -0.05) is 37.3 Å². The van der Waals surface area contributed by atoms with Crippen molar-refractivity contribution in [3.63, 3.8) is 0 Å². The van der Waals surface area contributed by atoms with Crippen LogP contribution in [0.15, 0.2) is 48.5 Å². The zero-order valence-electron chi connectivity index (χ0n) is 11.1. The maximum Gasteiger partial charge on any atom is 0.0359 e. The van der Waals surface area contributed by atoms with Crippen molar-refractivity contribution < 1.29 is 0 Å². The number of nitrogens with two attached hydrogens (primary N) is 1. The minimum atomic E-state index is 0.878. The lowest BCUT2D eigenvalue weighted by atomic mass is 10.1. The molecule has 0 aliphatic carbocycles. The predicted molar refractivity (Wildman–Crippen MR) is 89.8 cm³/mol. The Balaban J connectivity index is 2.05. The van der Waals surface area contributed by atoms with Crippen LogP contribution in [0.1, 0.15) is 18.1 Å². The lowest BCUT2D eigenvalue weighted by molar-refractivity contribution is 0.272. The van der Waals surface area contributed by atoms with Gasteiger partial charge in [0.2, 0.25) is 0 Å². The molecular weight excluding hydrogens is 347 g/mol. The fourth-order valence-corrected chi connectivity index (χ4v) is 2.41. The number of benzene rings is 2. The maximum atomic E-state index is 6.01. The SMILES string of the molecule is CCN(Cc1ccc(I)cc1)Cc1ccccc1N. The largest absolute Gasteiger partial charge is 0.398 e. The van der Waals surface area contributed by atoms with Gasteiger partial charge in [-0.3, -0.25) is 4.90 Å². The fourth-order valence-electron chi connectivity index (χ4n) is 2.05. The van der Waals surface area contributed by atoms with Crippen LogP contribution in [0, 0.1) is 3.57 Å². The Labute approximate surface area is 128 Å². The molecule has 0 unspecified atom stereocenters. The van der Waals surface area contributed by atoms with Gasteiger partial charge in [-0.2, -0.15) is 0 Å². The second-order valence-corrected chi connectivity index (χ2v) is 5.87. The fraction of sp³-hybridized carbons (Fsp3) is 0.250. The topological polar surface area (TPSA) is 29.3 Å². The molecule has 0 saturated carbocycles. The summed E-state index contributed by atoms with van der Waals surface area (Å²) in [5, 5.41) is 0.